The van der Waals surface area contributed by atoms with Gasteiger partial charge in [0, 0.05) is 37.0 Å². The van der Waals surface area contributed by atoms with E-state index in [1.54, 1.807) is 18.9 Å². The molecule has 2 N–H and O–H groups in total. The van der Waals surface area contributed by atoms with Gasteiger partial charge in [-0.3, -0.25) is 9.59 Å². The van der Waals surface area contributed by atoms with Crippen LogP contribution in [0.5, 0.6) is 0 Å². The summed E-state index contributed by atoms with van der Waals surface area (Å²) in [5.41, 5.74) is 6.40. The Balaban J connectivity index is 2.23. The molecule has 102 valence electrons. The highest BCUT2D eigenvalue weighted by Gasteiger charge is 2.26. The van der Waals surface area contributed by atoms with Gasteiger partial charge in [-0.05, 0) is 19.1 Å². The molecule has 0 unspecified atom stereocenters. The van der Waals surface area contributed by atoms with Crippen molar-refractivity contribution >= 4 is 17.5 Å². The minimum atomic E-state index is -0.510. The van der Waals surface area contributed by atoms with Crippen molar-refractivity contribution in [3.63, 3.8) is 0 Å². The maximum atomic E-state index is 13.6. The molecule has 0 aromatic heterocycles. The number of likely N-dealkylation sites (N-methyl/N-ethyl adjacent to an activating group) is 1. The molecule has 1 aromatic rings. The summed E-state index contributed by atoms with van der Waals surface area (Å²) in [7, 11) is 1.69. The third-order valence-electron chi connectivity index (χ3n) is 3.38. The predicted octanol–water partition coefficient (Wildman–Crippen LogP) is 0.631. The number of anilines is 1. The molecule has 0 spiro atoms. The SMILES string of the molecule is Cc1c(N)cc(C(=O)N2CCN(C)C(=O)C2)cc1F. The van der Waals surface area contributed by atoms with Gasteiger partial charge in [0.15, 0.2) is 0 Å². The number of halogens is 1. The maximum Gasteiger partial charge on any atom is 0.254 e. The van der Waals surface area contributed by atoms with Crippen molar-refractivity contribution in [1.29, 1.82) is 0 Å². The van der Waals surface area contributed by atoms with Gasteiger partial charge < -0.3 is 15.5 Å². The van der Waals surface area contributed by atoms with Gasteiger partial charge in [0.05, 0.1) is 0 Å². The van der Waals surface area contributed by atoms with E-state index in [2.05, 4.69) is 0 Å². The first-order valence-electron chi connectivity index (χ1n) is 5.99. The first-order valence-corrected chi connectivity index (χ1v) is 5.99. The van der Waals surface area contributed by atoms with Gasteiger partial charge in [0.1, 0.15) is 12.4 Å². The molecule has 1 aliphatic rings. The number of nitrogens with two attached hydrogens (primary N) is 1. The molecule has 0 saturated carbocycles. The Morgan fingerprint density at radius 2 is 2.05 bits per heavy atom. The van der Waals surface area contributed by atoms with Crippen LogP contribution in [0.2, 0.25) is 0 Å². The fourth-order valence-electron chi connectivity index (χ4n) is 1.94. The van der Waals surface area contributed by atoms with E-state index in [4.69, 9.17) is 5.73 Å². The average Bonchev–Trinajstić information content (AvgIpc) is 2.37. The van der Waals surface area contributed by atoms with Crippen molar-refractivity contribution in [2.75, 3.05) is 32.4 Å². The number of hydrogen-bond acceptors (Lipinski definition) is 3. The lowest BCUT2D eigenvalue weighted by Crippen LogP contribution is -2.50. The second-order valence-corrected chi connectivity index (χ2v) is 4.71. The number of amides is 2. The first kappa shape index (κ1) is 13.3. The Hall–Kier alpha value is -2.11. The van der Waals surface area contributed by atoms with Crippen molar-refractivity contribution in [2.45, 2.75) is 6.92 Å². The van der Waals surface area contributed by atoms with Gasteiger partial charge in [-0.2, -0.15) is 0 Å². The summed E-state index contributed by atoms with van der Waals surface area (Å²) in [6.07, 6.45) is 0. The van der Waals surface area contributed by atoms with E-state index in [1.807, 2.05) is 0 Å². The van der Waals surface area contributed by atoms with Crippen LogP contribution in [0.1, 0.15) is 15.9 Å². The topological polar surface area (TPSA) is 66.6 Å². The summed E-state index contributed by atoms with van der Waals surface area (Å²) in [6.45, 7) is 2.49. The van der Waals surface area contributed by atoms with Crippen LogP contribution < -0.4 is 5.73 Å². The lowest BCUT2D eigenvalue weighted by atomic mass is 10.1. The summed E-state index contributed by atoms with van der Waals surface area (Å²) < 4.78 is 13.6. The molecule has 0 radical (unpaired) electrons. The van der Waals surface area contributed by atoms with E-state index in [0.29, 0.717) is 18.7 Å². The van der Waals surface area contributed by atoms with Crippen molar-refractivity contribution in [1.82, 2.24) is 9.80 Å². The van der Waals surface area contributed by atoms with Crippen molar-refractivity contribution in [3.05, 3.63) is 29.1 Å². The lowest BCUT2D eigenvalue weighted by molar-refractivity contribution is -0.133. The zero-order valence-electron chi connectivity index (χ0n) is 10.9. The molecule has 2 rings (SSSR count). The van der Waals surface area contributed by atoms with Crippen molar-refractivity contribution in [2.24, 2.45) is 0 Å². The van der Waals surface area contributed by atoms with Crippen LogP contribution in [0.15, 0.2) is 12.1 Å². The Bertz CT molecular complexity index is 522. The third kappa shape index (κ3) is 2.52. The molecule has 0 bridgehead atoms. The number of nitrogens with zero attached hydrogens (tertiary/aromatic N) is 2. The molecule has 1 fully saturated rings. The number of benzene rings is 1. The zero-order valence-corrected chi connectivity index (χ0v) is 10.9. The third-order valence-corrected chi connectivity index (χ3v) is 3.38. The number of rotatable bonds is 1. The van der Waals surface area contributed by atoms with E-state index in [0.717, 1.165) is 6.07 Å². The number of hydrogen-bond donors (Lipinski definition) is 1. The van der Waals surface area contributed by atoms with Crippen molar-refractivity contribution in [3.8, 4) is 0 Å². The van der Waals surface area contributed by atoms with Crippen LogP contribution in [0, 0.1) is 12.7 Å². The zero-order chi connectivity index (χ0) is 14.2. The summed E-state index contributed by atoms with van der Waals surface area (Å²) in [5, 5.41) is 0. The molecule has 5 nitrogen and oxygen atoms in total. The van der Waals surface area contributed by atoms with Gasteiger partial charge in [0.25, 0.3) is 5.91 Å². The molecule has 6 heteroatoms. The minimum Gasteiger partial charge on any atom is -0.398 e. The molecule has 1 heterocycles. The smallest absolute Gasteiger partial charge is 0.254 e. The molecular weight excluding hydrogens is 249 g/mol. The Kier molecular flexibility index (Phi) is 3.42. The summed E-state index contributed by atoms with van der Waals surface area (Å²) in [5.74, 6) is -1.00. The van der Waals surface area contributed by atoms with E-state index >= 15 is 0 Å². The molecule has 1 aromatic carbocycles. The highest BCUT2D eigenvalue weighted by Crippen LogP contribution is 2.19. The molecule has 0 aliphatic carbocycles. The minimum absolute atomic E-state index is 0.0186. The van der Waals surface area contributed by atoms with Crippen LogP contribution in [-0.4, -0.2) is 48.3 Å². The second-order valence-electron chi connectivity index (χ2n) is 4.71. The van der Waals surface area contributed by atoms with Crippen molar-refractivity contribution < 1.29 is 14.0 Å². The normalized spacial score (nSPS) is 15.8. The van der Waals surface area contributed by atoms with Crippen LogP contribution in [0.4, 0.5) is 10.1 Å². The second kappa shape index (κ2) is 4.87. The van der Waals surface area contributed by atoms with Gasteiger partial charge >= 0.3 is 0 Å². The van der Waals surface area contributed by atoms with Crippen LogP contribution >= 0.6 is 0 Å². The Labute approximate surface area is 110 Å². The molecular formula is C13H16FN3O2. The highest BCUT2D eigenvalue weighted by molar-refractivity contribution is 5.97. The summed E-state index contributed by atoms with van der Waals surface area (Å²) in [6, 6.07) is 2.61. The fraction of sp³-hybridized carbons (Fsp3) is 0.385. The molecule has 1 aliphatic heterocycles. The first-order chi connectivity index (χ1) is 8.90. The van der Waals surface area contributed by atoms with E-state index in [1.165, 1.54) is 11.0 Å². The van der Waals surface area contributed by atoms with E-state index in [-0.39, 0.29) is 29.6 Å². The van der Waals surface area contributed by atoms with Crippen LogP contribution in [-0.2, 0) is 4.79 Å². The fourth-order valence-corrected chi connectivity index (χ4v) is 1.94. The Morgan fingerprint density at radius 1 is 1.37 bits per heavy atom. The van der Waals surface area contributed by atoms with Gasteiger partial charge in [-0.25, -0.2) is 4.39 Å². The molecule has 2 amide bonds. The van der Waals surface area contributed by atoms with Gasteiger partial charge in [0.2, 0.25) is 5.91 Å². The van der Waals surface area contributed by atoms with Gasteiger partial charge in [-0.15, -0.1) is 0 Å². The number of piperazine rings is 1. The summed E-state index contributed by atoms with van der Waals surface area (Å²) in [4.78, 5) is 26.7. The largest absolute Gasteiger partial charge is 0.398 e. The van der Waals surface area contributed by atoms with Crippen LogP contribution in [0.3, 0.4) is 0 Å². The maximum absolute atomic E-state index is 13.6. The average molecular weight is 265 g/mol. The van der Waals surface area contributed by atoms with E-state index < -0.39 is 5.82 Å². The standard InChI is InChI=1S/C13H16FN3O2/c1-8-10(14)5-9(6-11(8)15)13(19)17-4-3-16(2)12(18)7-17/h5-6H,3-4,7,15H2,1-2H3. The quantitative estimate of drug-likeness (QED) is 0.757. The van der Waals surface area contributed by atoms with Crippen LogP contribution in [0.25, 0.3) is 0 Å². The summed E-state index contributed by atoms with van der Waals surface area (Å²) >= 11 is 0. The monoisotopic (exact) mass is 265 g/mol. The molecule has 1 saturated heterocycles. The number of nitrogen functional groups attached to an aromatic ring is 1. The number of carbonyl (C=O) groups excluding carboxylic acids is 2. The predicted molar refractivity (Wildman–Crippen MR) is 69.1 cm³/mol. The Morgan fingerprint density at radius 3 is 2.63 bits per heavy atom. The lowest BCUT2D eigenvalue weighted by Gasteiger charge is -2.32. The molecule has 19 heavy (non-hydrogen) atoms. The number of carbonyl (C=O) groups is 2. The van der Waals surface area contributed by atoms with Gasteiger partial charge in [-0.1, -0.05) is 0 Å². The highest BCUT2D eigenvalue weighted by atomic mass is 19.1. The van der Waals surface area contributed by atoms with E-state index in [9.17, 15) is 14.0 Å². The molecule has 0 atom stereocenters.